The van der Waals surface area contributed by atoms with Gasteiger partial charge in [-0.05, 0) is 26.7 Å². The van der Waals surface area contributed by atoms with E-state index < -0.39 is 19.3 Å². The van der Waals surface area contributed by atoms with E-state index in [4.69, 9.17) is 0 Å². The van der Waals surface area contributed by atoms with Gasteiger partial charge in [-0.1, -0.05) is 22.0 Å². The standard InChI is InChI=1S/C9H15BrO2S/c1-4-8(2,3)13(11,12)9(7-10)5-6-9/h4H,1,5-7H2,2-3H3. The first kappa shape index (κ1) is 11.2. The van der Waals surface area contributed by atoms with E-state index >= 15 is 0 Å². The summed E-state index contributed by atoms with van der Waals surface area (Å²) in [5.74, 6) is 0. The fourth-order valence-electron chi connectivity index (χ4n) is 1.28. The molecule has 0 radical (unpaired) electrons. The minimum Gasteiger partial charge on any atom is -0.227 e. The molecule has 1 fully saturated rings. The Morgan fingerprint density at radius 1 is 1.54 bits per heavy atom. The smallest absolute Gasteiger partial charge is 0.165 e. The van der Waals surface area contributed by atoms with E-state index in [2.05, 4.69) is 22.5 Å². The molecule has 0 aromatic rings. The van der Waals surface area contributed by atoms with Gasteiger partial charge in [0, 0.05) is 5.33 Å². The molecule has 1 saturated carbocycles. The SMILES string of the molecule is C=CC(C)(C)S(=O)(=O)C1(CBr)CC1. The molecule has 0 aliphatic heterocycles. The Hall–Kier alpha value is 0.170. The maximum Gasteiger partial charge on any atom is 0.165 e. The predicted octanol–water partition coefficient (Wildman–Crippen LogP) is 2.29. The van der Waals surface area contributed by atoms with Crippen LogP contribution in [0.4, 0.5) is 0 Å². The van der Waals surface area contributed by atoms with E-state index in [1.54, 1.807) is 13.8 Å². The predicted molar refractivity (Wildman–Crippen MR) is 59.0 cm³/mol. The van der Waals surface area contributed by atoms with Gasteiger partial charge in [0.2, 0.25) is 0 Å². The van der Waals surface area contributed by atoms with Crippen LogP contribution in [0.1, 0.15) is 26.7 Å². The molecule has 2 nitrogen and oxygen atoms in total. The van der Waals surface area contributed by atoms with Crippen LogP contribution in [0.5, 0.6) is 0 Å². The van der Waals surface area contributed by atoms with Crippen molar-refractivity contribution in [3.05, 3.63) is 12.7 Å². The van der Waals surface area contributed by atoms with E-state index in [-0.39, 0.29) is 0 Å². The van der Waals surface area contributed by atoms with E-state index in [9.17, 15) is 8.42 Å². The Balaban J connectivity index is 3.10. The zero-order valence-corrected chi connectivity index (χ0v) is 10.4. The molecule has 1 rings (SSSR count). The fraction of sp³-hybridized carbons (Fsp3) is 0.778. The van der Waals surface area contributed by atoms with Crippen molar-refractivity contribution in [1.82, 2.24) is 0 Å². The summed E-state index contributed by atoms with van der Waals surface area (Å²) in [5.41, 5.74) is 0. The summed E-state index contributed by atoms with van der Waals surface area (Å²) in [6.07, 6.45) is 3.07. The van der Waals surface area contributed by atoms with Crippen LogP contribution < -0.4 is 0 Å². The number of hydrogen-bond donors (Lipinski definition) is 0. The Bertz CT molecular complexity index is 313. The maximum atomic E-state index is 12.1. The van der Waals surface area contributed by atoms with Crippen LogP contribution in [0.15, 0.2) is 12.7 Å². The summed E-state index contributed by atoms with van der Waals surface area (Å²) in [7, 11) is -3.09. The first-order valence-electron chi connectivity index (χ1n) is 4.27. The first-order valence-corrected chi connectivity index (χ1v) is 6.87. The molecule has 0 atom stereocenters. The molecular formula is C9H15BrO2S. The quantitative estimate of drug-likeness (QED) is 0.578. The van der Waals surface area contributed by atoms with Crippen LogP contribution in [-0.2, 0) is 9.84 Å². The van der Waals surface area contributed by atoms with Crippen LogP contribution in [0, 0.1) is 0 Å². The van der Waals surface area contributed by atoms with E-state index in [1.165, 1.54) is 6.08 Å². The zero-order chi connectivity index (χ0) is 10.3. The normalized spacial score (nSPS) is 21.2. The van der Waals surface area contributed by atoms with Crippen molar-refractivity contribution >= 4 is 25.8 Å². The van der Waals surface area contributed by atoms with Crippen molar-refractivity contribution < 1.29 is 8.42 Å². The minimum atomic E-state index is -3.09. The molecule has 0 aromatic carbocycles. The second-order valence-corrected chi connectivity index (χ2v) is 7.61. The molecule has 0 aromatic heterocycles. The molecule has 0 unspecified atom stereocenters. The highest BCUT2D eigenvalue weighted by Crippen LogP contribution is 2.49. The second kappa shape index (κ2) is 3.09. The van der Waals surface area contributed by atoms with Crippen molar-refractivity contribution in [1.29, 1.82) is 0 Å². The van der Waals surface area contributed by atoms with E-state index in [1.807, 2.05) is 0 Å². The van der Waals surface area contributed by atoms with E-state index in [0.717, 1.165) is 12.8 Å². The van der Waals surface area contributed by atoms with Crippen LogP contribution in [0.2, 0.25) is 0 Å². The monoisotopic (exact) mass is 266 g/mol. The second-order valence-electron chi connectivity index (χ2n) is 4.13. The third kappa shape index (κ3) is 1.48. The molecule has 0 spiro atoms. The van der Waals surface area contributed by atoms with Gasteiger partial charge in [0.15, 0.2) is 9.84 Å². The largest absolute Gasteiger partial charge is 0.227 e. The van der Waals surface area contributed by atoms with Gasteiger partial charge in [-0.25, -0.2) is 8.42 Å². The summed E-state index contributed by atoms with van der Waals surface area (Å²) >= 11 is 3.28. The van der Waals surface area contributed by atoms with E-state index in [0.29, 0.717) is 5.33 Å². The Morgan fingerprint density at radius 2 is 2.00 bits per heavy atom. The molecule has 0 amide bonds. The summed E-state index contributed by atoms with van der Waals surface area (Å²) in [5, 5.41) is 0.541. The zero-order valence-electron chi connectivity index (χ0n) is 8.01. The maximum absolute atomic E-state index is 12.1. The number of rotatable bonds is 4. The molecule has 1 aliphatic carbocycles. The van der Waals surface area contributed by atoms with Crippen molar-refractivity contribution in [2.24, 2.45) is 0 Å². The number of sulfone groups is 1. The Kier molecular flexibility index (Phi) is 2.67. The van der Waals surface area contributed by atoms with Crippen molar-refractivity contribution in [3.8, 4) is 0 Å². The number of alkyl halides is 1. The fourth-order valence-corrected chi connectivity index (χ4v) is 4.86. The highest BCUT2D eigenvalue weighted by Gasteiger charge is 2.58. The molecule has 0 bridgehead atoms. The van der Waals surface area contributed by atoms with Gasteiger partial charge in [-0.15, -0.1) is 6.58 Å². The minimum absolute atomic E-state index is 0.509. The van der Waals surface area contributed by atoms with Crippen LogP contribution in [0.3, 0.4) is 0 Å². The average molecular weight is 267 g/mol. The van der Waals surface area contributed by atoms with Gasteiger partial charge in [0.1, 0.15) is 0 Å². The lowest BCUT2D eigenvalue weighted by Crippen LogP contribution is -2.40. The molecule has 1 aliphatic rings. The highest BCUT2D eigenvalue weighted by molar-refractivity contribution is 9.09. The van der Waals surface area contributed by atoms with Crippen LogP contribution in [0.25, 0.3) is 0 Å². The summed E-state index contributed by atoms with van der Waals surface area (Å²) < 4.78 is 22.9. The lowest BCUT2D eigenvalue weighted by Gasteiger charge is -2.26. The number of halogens is 1. The van der Waals surface area contributed by atoms with Crippen molar-refractivity contribution in [3.63, 3.8) is 0 Å². The van der Waals surface area contributed by atoms with Gasteiger partial charge in [-0.2, -0.15) is 0 Å². The summed E-state index contributed by atoms with van der Waals surface area (Å²) in [6.45, 7) is 6.99. The van der Waals surface area contributed by atoms with Crippen molar-refractivity contribution in [2.75, 3.05) is 5.33 Å². The van der Waals surface area contributed by atoms with Gasteiger partial charge in [0.25, 0.3) is 0 Å². The van der Waals surface area contributed by atoms with Crippen LogP contribution >= 0.6 is 15.9 Å². The third-order valence-electron chi connectivity index (χ3n) is 2.81. The summed E-state index contributed by atoms with van der Waals surface area (Å²) in [6, 6.07) is 0. The van der Waals surface area contributed by atoms with Gasteiger partial charge in [0.05, 0.1) is 9.49 Å². The Morgan fingerprint density at radius 3 is 2.23 bits per heavy atom. The lowest BCUT2D eigenvalue weighted by atomic mass is 10.2. The molecule has 0 N–H and O–H groups in total. The van der Waals surface area contributed by atoms with Gasteiger partial charge < -0.3 is 0 Å². The molecule has 0 saturated heterocycles. The first-order chi connectivity index (χ1) is 5.83. The van der Waals surface area contributed by atoms with Gasteiger partial charge in [-0.3, -0.25) is 0 Å². The molecule has 0 heterocycles. The topological polar surface area (TPSA) is 34.1 Å². The molecule has 13 heavy (non-hydrogen) atoms. The van der Waals surface area contributed by atoms with Crippen molar-refractivity contribution in [2.45, 2.75) is 36.2 Å². The summed E-state index contributed by atoms with van der Waals surface area (Å²) in [4.78, 5) is 0. The van der Waals surface area contributed by atoms with Gasteiger partial charge >= 0.3 is 0 Å². The third-order valence-corrected chi connectivity index (χ3v) is 7.49. The highest BCUT2D eigenvalue weighted by atomic mass is 79.9. The molecule has 4 heteroatoms. The number of hydrogen-bond acceptors (Lipinski definition) is 2. The lowest BCUT2D eigenvalue weighted by molar-refractivity contribution is 0.558. The molecule has 76 valence electrons. The van der Waals surface area contributed by atoms with Crippen LogP contribution in [-0.4, -0.2) is 23.2 Å². The average Bonchev–Trinajstić information content (AvgIpc) is 2.84. The molecular weight excluding hydrogens is 252 g/mol. The Labute approximate surface area is 88.5 Å².